The first kappa shape index (κ1) is 18.4. The number of aryl methyl sites for hydroxylation is 1. The summed E-state index contributed by atoms with van der Waals surface area (Å²) < 4.78 is 1.39. The van der Waals surface area contributed by atoms with E-state index in [1.165, 1.54) is 9.47 Å². The molecule has 1 saturated heterocycles. The summed E-state index contributed by atoms with van der Waals surface area (Å²) >= 11 is 0. The third-order valence-electron chi connectivity index (χ3n) is 5.44. The molecule has 0 spiro atoms. The average Bonchev–Trinajstić information content (AvgIpc) is 3.39. The number of nitrogens with one attached hydrogen (secondary N) is 1. The van der Waals surface area contributed by atoms with Crippen molar-refractivity contribution in [2.75, 3.05) is 6.54 Å². The van der Waals surface area contributed by atoms with Crippen molar-refractivity contribution in [3.05, 3.63) is 38.2 Å². The third-order valence-corrected chi connectivity index (χ3v) is 5.44. The molecule has 3 heterocycles. The van der Waals surface area contributed by atoms with Crippen LogP contribution >= 0.6 is 0 Å². The van der Waals surface area contributed by atoms with Gasteiger partial charge in [0.1, 0.15) is 6.04 Å². The highest BCUT2D eigenvalue weighted by Crippen LogP contribution is 2.40. The molecule has 2 aromatic rings. The van der Waals surface area contributed by atoms with Gasteiger partial charge in [-0.2, -0.15) is 0 Å². The van der Waals surface area contributed by atoms with Crippen molar-refractivity contribution in [2.24, 2.45) is 0 Å². The Bertz CT molecular complexity index is 1080. The van der Waals surface area contributed by atoms with Crippen molar-refractivity contribution >= 4 is 22.9 Å². The van der Waals surface area contributed by atoms with Crippen LogP contribution < -0.4 is 11.2 Å². The van der Waals surface area contributed by atoms with Gasteiger partial charge in [0.05, 0.1) is 10.9 Å². The number of likely N-dealkylation sites (tertiary alicyclic amines) is 1. The highest BCUT2D eigenvalue weighted by atomic mass is 16.4. The van der Waals surface area contributed by atoms with Crippen molar-refractivity contribution in [1.29, 1.82) is 0 Å². The number of carbonyl (C=O) groups excluding carboxylic acids is 1. The Hall–Kier alpha value is -2.97. The van der Waals surface area contributed by atoms with Crippen LogP contribution in [0.5, 0.6) is 0 Å². The molecule has 4 rings (SSSR count). The second-order valence-electron chi connectivity index (χ2n) is 7.47. The first-order chi connectivity index (χ1) is 13.4. The molecule has 0 bridgehead atoms. The van der Waals surface area contributed by atoms with Crippen LogP contribution in [0.25, 0.3) is 11.0 Å². The van der Waals surface area contributed by atoms with E-state index in [2.05, 4.69) is 9.97 Å². The van der Waals surface area contributed by atoms with Gasteiger partial charge in [-0.15, -0.1) is 0 Å². The number of carboxylic acid groups (broad SMARTS) is 1. The van der Waals surface area contributed by atoms with Gasteiger partial charge in [-0.25, -0.2) is 14.6 Å². The van der Waals surface area contributed by atoms with Crippen LogP contribution in [-0.2, 0) is 11.3 Å². The number of aliphatic carboxylic acids is 1. The predicted molar refractivity (Wildman–Crippen MR) is 101 cm³/mol. The minimum absolute atomic E-state index is 0.0542. The molecule has 2 aromatic heterocycles. The zero-order valence-corrected chi connectivity index (χ0v) is 15.6. The topological polar surface area (TPSA) is 125 Å². The Morgan fingerprint density at radius 3 is 2.68 bits per heavy atom. The highest BCUT2D eigenvalue weighted by Gasteiger charge is 2.36. The number of carboxylic acids is 1. The monoisotopic (exact) mass is 386 g/mol. The van der Waals surface area contributed by atoms with Crippen molar-refractivity contribution in [1.82, 2.24) is 19.4 Å². The van der Waals surface area contributed by atoms with Crippen LogP contribution in [0.4, 0.5) is 0 Å². The van der Waals surface area contributed by atoms with Crippen LogP contribution in [0.2, 0.25) is 0 Å². The molecule has 9 heteroatoms. The first-order valence-corrected chi connectivity index (χ1v) is 9.64. The molecule has 28 heavy (non-hydrogen) atoms. The smallest absolute Gasteiger partial charge is 0.329 e. The fourth-order valence-corrected chi connectivity index (χ4v) is 3.90. The van der Waals surface area contributed by atoms with Gasteiger partial charge in [0, 0.05) is 24.7 Å². The van der Waals surface area contributed by atoms with Crippen molar-refractivity contribution < 1.29 is 14.7 Å². The molecule has 1 atom stereocenters. The Kier molecular flexibility index (Phi) is 4.52. The largest absolute Gasteiger partial charge is 0.480 e. The number of rotatable bonds is 5. The molecular weight excluding hydrogens is 364 g/mol. The summed E-state index contributed by atoms with van der Waals surface area (Å²) in [5, 5.41) is 9.49. The number of H-pyrrole nitrogens is 1. The van der Waals surface area contributed by atoms with Gasteiger partial charge in [0.2, 0.25) is 0 Å². The predicted octanol–water partition coefficient (Wildman–Crippen LogP) is 1.06. The van der Waals surface area contributed by atoms with Crippen LogP contribution in [0, 0.1) is 0 Å². The van der Waals surface area contributed by atoms with Gasteiger partial charge >= 0.3 is 11.7 Å². The number of nitrogens with zero attached hydrogens (tertiary/aromatic N) is 3. The van der Waals surface area contributed by atoms with Gasteiger partial charge in [-0.3, -0.25) is 19.1 Å². The Balaban J connectivity index is 1.95. The molecule has 1 amide bonds. The molecule has 2 fully saturated rings. The van der Waals surface area contributed by atoms with E-state index < -0.39 is 29.2 Å². The summed E-state index contributed by atoms with van der Waals surface area (Å²) in [6.45, 7) is 2.59. The maximum atomic E-state index is 13.3. The molecule has 1 aliphatic carbocycles. The fourth-order valence-electron chi connectivity index (χ4n) is 3.90. The van der Waals surface area contributed by atoms with Crippen LogP contribution in [0.1, 0.15) is 61.0 Å². The maximum absolute atomic E-state index is 13.3. The lowest BCUT2D eigenvalue weighted by Gasteiger charge is -2.22. The summed E-state index contributed by atoms with van der Waals surface area (Å²) in [5.41, 5.74) is -0.211. The van der Waals surface area contributed by atoms with E-state index >= 15 is 0 Å². The zero-order valence-electron chi connectivity index (χ0n) is 15.6. The second kappa shape index (κ2) is 6.88. The molecule has 1 saturated carbocycles. The molecule has 0 unspecified atom stereocenters. The normalized spacial score (nSPS) is 19.3. The number of carbonyl (C=O) groups is 2. The van der Waals surface area contributed by atoms with Gasteiger partial charge in [0.15, 0.2) is 5.65 Å². The maximum Gasteiger partial charge on any atom is 0.329 e. The number of amides is 1. The van der Waals surface area contributed by atoms with Crippen molar-refractivity contribution in [2.45, 2.75) is 57.5 Å². The molecule has 1 aliphatic heterocycles. The molecule has 148 valence electrons. The van der Waals surface area contributed by atoms with E-state index in [1.807, 2.05) is 6.92 Å². The van der Waals surface area contributed by atoms with E-state index in [4.69, 9.17) is 0 Å². The van der Waals surface area contributed by atoms with Crippen LogP contribution in [0.15, 0.2) is 15.7 Å². The van der Waals surface area contributed by atoms with Crippen molar-refractivity contribution in [3.63, 3.8) is 0 Å². The van der Waals surface area contributed by atoms with Crippen LogP contribution in [-0.4, -0.2) is 49.0 Å². The van der Waals surface area contributed by atoms with Gasteiger partial charge in [-0.05, 0) is 38.2 Å². The molecule has 0 aromatic carbocycles. The second-order valence-corrected chi connectivity index (χ2v) is 7.47. The molecule has 9 nitrogen and oxygen atoms in total. The molecule has 2 aliphatic rings. The van der Waals surface area contributed by atoms with E-state index in [0.29, 0.717) is 38.0 Å². The minimum atomic E-state index is -1.05. The summed E-state index contributed by atoms with van der Waals surface area (Å²) in [6.07, 6.45) is 3.52. The van der Waals surface area contributed by atoms with Crippen LogP contribution in [0.3, 0.4) is 0 Å². The fraction of sp³-hybridized carbons (Fsp3) is 0.526. The third kappa shape index (κ3) is 3.00. The number of fused-ring (bicyclic) bond motifs is 1. The van der Waals surface area contributed by atoms with E-state index in [-0.39, 0.29) is 22.5 Å². The summed E-state index contributed by atoms with van der Waals surface area (Å²) in [5.74, 6) is -1.34. The standard InChI is InChI=1S/C19H22N4O5/c1-2-7-23-15-14(16(24)21-19(23)28)11(9-12(20-15)10-5-6-10)17(25)22-8-3-4-13(22)18(26)27/h9-10,13H,2-8H2,1H3,(H,26,27)(H,21,24,28)/t13-/m0/s1. The Labute approximate surface area is 160 Å². The van der Waals surface area contributed by atoms with E-state index in [1.54, 1.807) is 6.07 Å². The first-order valence-electron chi connectivity index (χ1n) is 9.64. The lowest BCUT2D eigenvalue weighted by molar-refractivity contribution is -0.141. The number of hydrogen-bond donors (Lipinski definition) is 2. The SMILES string of the molecule is CCCn1c(=O)[nH]c(=O)c2c(C(=O)N3CCC[C@H]3C(=O)O)cc(C3CC3)nc21. The van der Waals surface area contributed by atoms with Gasteiger partial charge in [0.25, 0.3) is 11.5 Å². The van der Waals surface area contributed by atoms with Gasteiger partial charge < -0.3 is 10.0 Å². The minimum Gasteiger partial charge on any atom is -0.480 e. The Morgan fingerprint density at radius 2 is 2.04 bits per heavy atom. The molecule has 2 N–H and O–H groups in total. The lowest BCUT2D eigenvalue weighted by atomic mass is 10.1. The number of aromatic nitrogens is 3. The summed E-state index contributed by atoms with van der Waals surface area (Å²) in [6, 6.07) is 0.705. The molecule has 0 radical (unpaired) electrons. The number of hydrogen-bond acceptors (Lipinski definition) is 5. The lowest BCUT2D eigenvalue weighted by Crippen LogP contribution is -2.41. The number of aromatic amines is 1. The summed E-state index contributed by atoms with van der Waals surface area (Å²) in [7, 11) is 0. The summed E-state index contributed by atoms with van der Waals surface area (Å²) in [4.78, 5) is 57.9. The Morgan fingerprint density at radius 1 is 1.29 bits per heavy atom. The molecular formula is C19H22N4O5. The van der Waals surface area contributed by atoms with Gasteiger partial charge in [-0.1, -0.05) is 6.92 Å². The highest BCUT2D eigenvalue weighted by molar-refractivity contribution is 6.06. The van der Waals surface area contributed by atoms with E-state index in [0.717, 1.165) is 12.8 Å². The van der Waals surface area contributed by atoms with Crippen molar-refractivity contribution in [3.8, 4) is 0 Å². The number of pyridine rings is 1. The zero-order chi connectivity index (χ0) is 20.0. The quantitative estimate of drug-likeness (QED) is 0.791. The average molecular weight is 386 g/mol. The van der Waals surface area contributed by atoms with E-state index in [9.17, 15) is 24.3 Å².